The Bertz CT molecular complexity index is 451. The summed E-state index contributed by atoms with van der Waals surface area (Å²) >= 11 is 1.70. The number of thioether (sulfide) groups is 1. The Hall–Kier alpha value is -1.33. The van der Waals surface area contributed by atoms with Crippen LogP contribution in [0.15, 0.2) is 40.3 Å². The number of benzene rings is 1. The van der Waals surface area contributed by atoms with Crippen molar-refractivity contribution >= 4 is 23.4 Å². The molecule has 1 amide bonds. The molecule has 1 aromatic rings. The van der Waals surface area contributed by atoms with E-state index in [0.717, 1.165) is 37.4 Å². The lowest BCUT2D eigenvalue weighted by Gasteiger charge is -2.20. The molecule has 1 fully saturated rings. The molecule has 1 aliphatic heterocycles. The highest BCUT2D eigenvalue weighted by Crippen LogP contribution is 2.17. The van der Waals surface area contributed by atoms with Gasteiger partial charge in [0, 0.05) is 35.6 Å². The summed E-state index contributed by atoms with van der Waals surface area (Å²) < 4.78 is 0. The predicted molar refractivity (Wildman–Crippen MR) is 83.2 cm³/mol. The fourth-order valence-electron chi connectivity index (χ4n) is 2.05. The quantitative estimate of drug-likeness (QED) is 0.627. The highest BCUT2D eigenvalue weighted by molar-refractivity contribution is 7.99. The molecule has 0 bridgehead atoms. The number of rotatable bonds is 5. The van der Waals surface area contributed by atoms with Crippen LogP contribution in [0.1, 0.15) is 19.3 Å². The standard InChI is InChI=1S/C15H21N3OS/c1-18-10-7-13(8-11-18)16-17-15(19)9-12-20-14-5-3-2-4-6-14/h2-6H,7-12H2,1H3,(H,17,19)/p+1. The molecule has 20 heavy (non-hydrogen) atoms. The fourth-order valence-corrected chi connectivity index (χ4v) is 2.93. The lowest BCUT2D eigenvalue weighted by atomic mass is 10.1. The number of hydrogen-bond acceptors (Lipinski definition) is 3. The van der Waals surface area contributed by atoms with Crippen molar-refractivity contribution in [3.63, 3.8) is 0 Å². The number of nitrogens with one attached hydrogen (secondary N) is 2. The summed E-state index contributed by atoms with van der Waals surface area (Å²) in [5.41, 5.74) is 3.80. The number of carbonyl (C=O) groups excluding carboxylic acids is 1. The van der Waals surface area contributed by atoms with Crippen LogP contribution in [0.3, 0.4) is 0 Å². The van der Waals surface area contributed by atoms with Crippen LogP contribution in [-0.2, 0) is 4.79 Å². The minimum Gasteiger partial charge on any atom is -0.337 e. The van der Waals surface area contributed by atoms with Crippen molar-refractivity contribution in [1.29, 1.82) is 0 Å². The molecule has 2 N–H and O–H groups in total. The fraction of sp³-hybridized carbons (Fsp3) is 0.467. The van der Waals surface area contributed by atoms with Crippen LogP contribution in [0.2, 0.25) is 0 Å². The molecule has 5 heteroatoms. The Morgan fingerprint density at radius 2 is 2.00 bits per heavy atom. The first-order chi connectivity index (χ1) is 9.74. The summed E-state index contributed by atoms with van der Waals surface area (Å²) in [6.07, 6.45) is 2.48. The van der Waals surface area contributed by atoms with Crippen molar-refractivity contribution in [2.75, 3.05) is 25.9 Å². The van der Waals surface area contributed by atoms with Gasteiger partial charge < -0.3 is 4.90 Å². The molecule has 1 aliphatic rings. The Labute approximate surface area is 124 Å². The summed E-state index contributed by atoms with van der Waals surface area (Å²) in [6, 6.07) is 10.1. The van der Waals surface area contributed by atoms with E-state index in [2.05, 4.69) is 29.7 Å². The molecular weight excluding hydrogens is 270 g/mol. The van der Waals surface area contributed by atoms with Gasteiger partial charge in [0.1, 0.15) is 0 Å². The summed E-state index contributed by atoms with van der Waals surface area (Å²) in [5.74, 6) is 0.792. The third-order valence-electron chi connectivity index (χ3n) is 3.36. The lowest BCUT2D eigenvalue weighted by molar-refractivity contribution is -0.880. The maximum Gasteiger partial charge on any atom is 0.240 e. The van der Waals surface area contributed by atoms with Crippen LogP contribution < -0.4 is 10.3 Å². The molecular formula is C15H22N3OS+. The van der Waals surface area contributed by atoms with Crippen molar-refractivity contribution in [3.05, 3.63) is 30.3 Å². The van der Waals surface area contributed by atoms with Gasteiger partial charge in [-0.1, -0.05) is 18.2 Å². The van der Waals surface area contributed by atoms with Crippen LogP contribution in [0.5, 0.6) is 0 Å². The van der Waals surface area contributed by atoms with Crippen LogP contribution in [0.4, 0.5) is 0 Å². The first-order valence-electron chi connectivity index (χ1n) is 7.07. The van der Waals surface area contributed by atoms with Crippen LogP contribution in [-0.4, -0.2) is 37.5 Å². The van der Waals surface area contributed by atoms with E-state index in [0.29, 0.717) is 6.42 Å². The molecule has 108 valence electrons. The number of amides is 1. The van der Waals surface area contributed by atoms with Crippen LogP contribution in [0, 0.1) is 0 Å². The average molecular weight is 292 g/mol. The minimum absolute atomic E-state index is 0.00667. The summed E-state index contributed by atoms with van der Waals surface area (Å²) in [4.78, 5) is 14.4. The SMILES string of the molecule is C[NH+]1CCC(=NNC(=O)CCSc2ccccc2)CC1. The predicted octanol–water partition coefficient (Wildman–Crippen LogP) is 0.950. The van der Waals surface area contributed by atoms with E-state index in [4.69, 9.17) is 0 Å². The van der Waals surface area contributed by atoms with E-state index in [9.17, 15) is 4.79 Å². The molecule has 0 aliphatic carbocycles. The zero-order chi connectivity index (χ0) is 14.2. The van der Waals surface area contributed by atoms with Gasteiger partial charge in [0.25, 0.3) is 0 Å². The number of hydrazone groups is 1. The third kappa shape index (κ3) is 5.35. The van der Waals surface area contributed by atoms with Gasteiger partial charge in [-0.05, 0) is 12.1 Å². The number of piperidine rings is 1. The van der Waals surface area contributed by atoms with Gasteiger partial charge in [-0.2, -0.15) is 5.10 Å². The van der Waals surface area contributed by atoms with Crippen molar-refractivity contribution in [1.82, 2.24) is 5.43 Å². The van der Waals surface area contributed by atoms with Gasteiger partial charge in [0.2, 0.25) is 5.91 Å². The Kier molecular flexibility index (Phi) is 6.08. The zero-order valence-corrected chi connectivity index (χ0v) is 12.7. The van der Waals surface area contributed by atoms with Gasteiger partial charge in [-0.15, -0.1) is 11.8 Å². The normalized spacial score (nSPS) is 18.6. The summed E-state index contributed by atoms with van der Waals surface area (Å²) in [5, 5.41) is 4.24. The maximum absolute atomic E-state index is 11.7. The van der Waals surface area contributed by atoms with E-state index in [1.54, 1.807) is 11.8 Å². The topological polar surface area (TPSA) is 45.9 Å². The molecule has 1 aromatic carbocycles. The van der Waals surface area contributed by atoms with E-state index < -0.39 is 0 Å². The lowest BCUT2D eigenvalue weighted by Crippen LogP contribution is -3.10. The number of quaternary nitrogens is 1. The molecule has 0 atom stereocenters. The van der Waals surface area contributed by atoms with E-state index in [1.807, 2.05) is 18.2 Å². The molecule has 4 nitrogen and oxygen atoms in total. The van der Waals surface area contributed by atoms with Crippen molar-refractivity contribution in [2.45, 2.75) is 24.2 Å². The van der Waals surface area contributed by atoms with Crippen LogP contribution in [0.25, 0.3) is 0 Å². The second-order valence-corrected chi connectivity index (χ2v) is 6.25. The first-order valence-corrected chi connectivity index (χ1v) is 8.06. The second kappa shape index (κ2) is 8.07. The summed E-state index contributed by atoms with van der Waals surface area (Å²) in [7, 11) is 2.19. The highest BCUT2D eigenvalue weighted by atomic mass is 32.2. The molecule has 1 heterocycles. The van der Waals surface area contributed by atoms with Crippen molar-refractivity contribution < 1.29 is 9.69 Å². The largest absolute Gasteiger partial charge is 0.337 e. The molecule has 1 saturated heterocycles. The number of carbonyl (C=O) groups is 1. The molecule has 0 spiro atoms. The highest BCUT2D eigenvalue weighted by Gasteiger charge is 2.14. The van der Waals surface area contributed by atoms with Gasteiger partial charge in [-0.25, -0.2) is 5.43 Å². The van der Waals surface area contributed by atoms with E-state index in [1.165, 1.54) is 9.80 Å². The van der Waals surface area contributed by atoms with Gasteiger partial charge in [0.15, 0.2) is 0 Å². The molecule has 0 radical (unpaired) electrons. The van der Waals surface area contributed by atoms with Crippen molar-refractivity contribution in [2.24, 2.45) is 5.10 Å². The average Bonchev–Trinajstić information content (AvgIpc) is 2.48. The Balaban J connectivity index is 1.64. The number of likely N-dealkylation sites (tertiary alicyclic amines) is 1. The Morgan fingerprint density at radius 1 is 1.30 bits per heavy atom. The third-order valence-corrected chi connectivity index (χ3v) is 4.37. The number of nitrogens with zero attached hydrogens (tertiary/aromatic N) is 1. The zero-order valence-electron chi connectivity index (χ0n) is 11.9. The van der Waals surface area contributed by atoms with E-state index in [-0.39, 0.29) is 5.91 Å². The Morgan fingerprint density at radius 3 is 2.70 bits per heavy atom. The molecule has 0 saturated carbocycles. The first kappa shape index (κ1) is 15.1. The maximum atomic E-state index is 11.7. The van der Waals surface area contributed by atoms with Crippen LogP contribution >= 0.6 is 11.8 Å². The monoisotopic (exact) mass is 292 g/mol. The summed E-state index contributed by atoms with van der Waals surface area (Å²) in [6.45, 7) is 2.22. The second-order valence-electron chi connectivity index (χ2n) is 5.08. The number of hydrogen-bond donors (Lipinski definition) is 2. The van der Waals surface area contributed by atoms with Gasteiger partial charge in [0.05, 0.1) is 20.1 Å². The van der Waals surface area contributed by atoms with Crippen molar-refractivity contribution in [3.8, 4) is 0 Å². The molecule has 2 rings (SSSR count). The van der Waals surface area contributed by atoms with Gasteiger partial charge >= 0.3 is 0 Å². The molecule has 0 unspecified atom stereocenters. The minimum atomic E-state index is 0.00667. The molecule has 0 aromatic heterocycles. The van der Waals surface area contributed by atoms with Gasteiger partial charge in [-0.3, -0.25) is 4.79 Å². The van der Waals surface area contributed by atoms with E-state index >= 15 is 0 Å². The smallest absolute Gasteiger partial charge is 0.240 e.